The average Bonchev–Trinajstić information content (AvgIpc) is 2.28. The lowest BCUT2D eigenvalue weighted by Gasteiger charge is -2.09. The molecule has 90 valence electrons. The zero-order chi connectivity index (χ0) is 12.0. The second-order valence-corrected chi connectivity index (χ2v) is 3.45. The van der Waals surface area contributed by atoms with Gasteiger partial charge in [0.25, 0.3) is 0 Å². The molecule has 0 aromatic carbocycles. The van der Waals surface area contributed by atoms with Crippen molar-refractivity contribution in [3.8, 4) is 5.75 Å². The van der Waals surface area contributed by atoms with Crippen LogP contribution in [0.5, 0.6) is 5.75 Å². The Balaban J connectivity index is 2.70. The second kappa shape index (κ2) is 6.30. The zero-order valence-corrected chi connectivity index (χ0v) is 9.18. The Labute approximate surface area is 93.3 Å². The Kier molecular flexibility index (Phi) is 5.01. The molecule has 0 aliphatic rings. The fraction of sp³-hybridized carbons (Fsp3) is 0.545. The van der Waals surface area contributed by atoms with Gasteiger partial charge in [0.15, 0.2) is 0 Å². The van der Waals surface area contributed by atoms with E-state index in [1.807, 2.05) is 0 Å². The molecule has 0 saturated heterocycles. The highest BCUT2D eigenvalue weighted by molar-refractivity contribution is 5.21. The van der Waals surface area contributed by atoms with Crippen molar-refractivity contribution in [1.82, 2.24) is 0 Å². The summed E-state index contributed by atoms with van der Waals surface area (Å²) in [4.78, 5) is 11.1. The lowest BCUT2D eigenvalue weighted by atomic mass is 10.1. The van der Waals surface area contributed by atoms with E-state index in [9.17, 15) is 9.90 Å². The standard InChI is InChI=1S/C11H16O5/c1-15-8-6-10(16-11(14)7-8)9(13)4-2-3-5-12/h6-7,9,12-13H,2-5H2,1H3. The van der Waals surface area contributed by atoms with Crippen LogP contribution in [0.25, 0.3) is 0 Å². The van der Waals surface area contributed by atoms with Crippen molar-refractivity contribution in [2.75, 3.05) is 13.7 Å². The highest BCUT2D eigenvalue weighted by Crippen LogP contribution is 2.21. The number of hydrogen-bond donors (Lipinski definition) is 2. The number of hydrogen-bond acceptors (Lipinski definition) is 5. The van der Waals surface area contributed by atoms with Gasteiger partial charge in [-0.2, -0.15) is 0 Å². The Morgan fingerprint density at radius 3 is 2.81 bits per heavy atom. The molecule has 1 rings (SSSR count). The molecule has 0 fully saturated rings. The summed E-state index contributed by atoms with van der Waals surface area (Å²) in [5, 5.41) is 18.3. The first-order chi connectivity index (χ1) is 7.67. The molecule has 1 atom stereocenters. The zero-order valence-electron chi connectivity index (χ0n) is 9.18. The summed E-state index contributed by atoms with van der Waals surface area (Å²) in [5.41, 5.74) is -0.546. The van der Waals surface area contributed by atoms with Crippen molar-refractivity contribution in [2.24, 2.45) is 0 Å². The predicted molar refractivity (Wildman–Crippen MR) is 57.4 cm³/mol. The van der Waals surface area contributed by atoms with Gasteiger partial charge in [-0.15, -0.1) is 0 Å². The first kappa shape index (κ1) is 12.7. The van der Waals surface area contributed by atoms with Crippen LogP contribution in [0, 0.1) is 0 Å². The summed E-state index contributed by atoms with van der Waals surface area (Å²) >= 11 is 0. The molecule has 5 heteroatoms. The topological polar surface area (TPSA) is 79.9 Å². The molecule has 0 bridgehead atoms. The van der Waals surface area contributed by atoms with Crippen LogP contribution in [0.1, 0.15) is 31.1 Å². The number of methoxy groups -OCH3 is 1. The molecule has 1 heterocycles. The number of aliphatic hydroxyl groups is 2. The van der Waals surface area contributed by atoms with E-state index in [1.54, 1.807) is 0 Å². The highest BCUT2D eigenvalue weighted by Gasteiger charge is 2.12. The minimum atomic E-state index is -0.839. The lowest BCUT2D eigenvalue weighted by Crippen LogP contribution is -2.05. The molecule has 0 aliphatic heterocycles. The fourth-order valence-corrected chi connectivity index (χ4v) is 1.35. The average molecular weight is 228 g/mol. The SMILES string of the molecule is COc1cc(C(O)CCCCO)oc(=O)c1. The maximum atomic E-state index is 11.1. The molecular formula is C11H16O5. The molecule has 0 radical (unpaired) electrons. The van der Waals surface area contributed by atoms with Crippen molar-refractivity contribution >= 4 is 0 Å². The van der Waals surface area contributed by atoms with Gasteiger partial charge in [0.1, 0.15) is 17.6 Å². The van der Waals surface area contributed by atoms with Crippen molar-refractivity contribution in [1.29, 1.82) is 0 Å². The minimum absolute atomic E-state index is 0.0920. The third-order valence-corrected chi connectivity index (χ3v) is 2.21. The van der Waals surface area contributed by atoms with Gasteiger partial charge in [-0.3, -0.25) is 0 Å². The fourth-order valence-electron chi connectivity index (χ4n) is 1.35. The summed E-state index contributed by atoms with van der Waals surface area (Å²) in [6.07, 6.45) is 0.884. The van der Waals surface area contributed by atoms with E-state index in [1.165, 1.54) is 19.2 Å². The van der Waals surface area contributed by atoms with Gasteiger partial charge in [0, 0.05) is 12.7 Å². The monoisotopic (exact) mass is 228 g/mol. The molecule has 1 aromatic rings. The highest BCUT2D eigenvalue weighted by atomic mass is 16.5. The number of ether oxygens (including phenoxy) is 1. The summed E-state index contributed by atoms with van der Waals surface area (Å²) in [6.45, 7) is 0.0920. The van der Waals surface area contributed by atoms with E-state index in [0.717, 1.165) is 0 Å². The predicted octanol–water partition coefficient (Wildman–Crippen LogP) is 0.844. The number of rotatable bonds is 6. The Morgan fingerprint density at radius 1 is 1.44 bits per heavy atom. The van der Waals surface area contributed by atoms with E-state index in [4.69, 9.17) is 14.3 Å². The molecule has 0 saturated carbocycles. The van der Waals surface area contributed by atoms with Crippen LogP contribution in [0.2, 0.25) is 0 Å². The summed E-state index contributed by atoms with van der Waals surface area (Å²) in [7, 11) is 1.44. The molecule has 5 nitrogen and oxygen atoms in total. The molecule has 1 unspecified atom stereocenters. The van der Waals surface area contributed by atoms with Crippen molar-refractivity contribution in [2.45, 2.75) is 25.4 Å². The Morgan fingerprint density at radius 2 is 2.19 bits per heavy atom. The van der Waals surface area contributed by atoms with E-state index in [2.05, 4.69) is 0 Å². The maximum Gasteiger partial charge on any atom is 0.339 e. The first-order valence-electron chi connectivity index (χ1n) is 5.15. The second-order valence-electron chi connectivity index (χ2n) is 3.45. The van der Waals surface area contributed by atoms with Gasteiger partial charge in [-0.05, 0) is 19.3 Å². The van der Waals surface area contributed by atoms with Crippen molar-refractivity contribution in [3.05, 3.63) is 28.3 Å². The Bertz CT molecular complexity index is 371. The van der Waals surface area contributed by atoms with E-state index < -0.39 is 11.7 Å². The van der Waals surface area contributed by atoms with Gasteiger partial charge < -0.3 is 19.4 Å². The quantitative estimate of drug-likeness (QED) is 0.705. The van der Waals surface area contributed by atoms with Gasteiger partial charge in [-0.25, -0.2) is 4.79 Å². The third-order valence-electron chi connectivity index (χ3n) is 2.21. The van der Waals surface area contributed by atoms with Crippen LogP contribution in [-0.4, -0.2) is 23.9 Å². The molecular weight excluding hydrogens is 212 g/mol. The van der Waals surface area contributed by atoms with E-state index in [-0.39, 0.29) is 12.4 Å². The van der Waals surface area contributed by atoms with Crippen molar-refractivity contribution < 1.29 is 19.4 Å². The molecule has 0 spiro atoms. The van der Waals surface area contributed by atoms with E-state index >= 15 is 0 Å². The molecule has 16 heavy (non-hydrogen) atoms. The molecule has 1 aromatic heterocycles. The molecule has 0 amide bonds. The van der Waals surface area contributed by atoms with Crippen LogP contribution < -0.4 is 10.4 Å². The largest absolute Gasteiger partial charge is 0.496 e. The van der Waals surface area contributed by atoms with Crippen LogP contribution in [-0.2, 0) is 0 Å². The van der Waals surface area contributed by atoms with Crippen LogP contribution in [0.3, 0.4) is 0 Å². The Hall–Kier alpha value is -1.33. The van der Waals surface area contributed by atoms with E-state index in [0.29, 0.717) is 25.0 Å². The van der Waals surface area contributed by atoms with Crippen molar-refractivity contribution in [3.63, 3.8) is 0 Å². The van der Waals surface area contributed by atoms with Gasteiger partial charge >= 0.3 is 5.63 Å². The third kappa shape index (κ3) is 3.67. The first-order valence-corrected chi connectivity index (χ1v) is 5.15. The number of unbranched alkanes of at least 4 members (excludes halogenated alkanes) is 1. The van der Waals surface area contributed by atoms with Gasteiger partial charge in [-0.1, -0.05) is 0 Å². The number of aliphatic hydroxyl groups excluding tert-OH is 2. The molecule has 0 aliphatic carbocycles. The van der Waals surface area contributed by atoms with Crippen LogP contribution in [0.4, 0.5) is 0 Å². The van der Waals surface area contributed by atoms with Crippen LogP contribution in [0.15, 0.2) is 21.3 Å². The minimum Gasteiger partial charge on any atom is -0.496 e. The maximum absolute atomic E-state index is 11.1. The van der Waals surface area contributed by atoms with Crippen LogP contribution >= 0.6 is 0 Å². The summed E-state index contributed by atoms with van der Waals surface area (Å²) in [5.74, 6) is 0.565. The normalized spacial score (nSPS) is 12.4. The van der Waals surface area contributed by atoms with Gasteiger partial charge in [0.2, 0.25) is 0 Å². The lowest BCUT2D eigenvalue weighted by molar-refractivity contribution is 0.129. The summed E-state index contributed by atoms with van der Waals surface area (Å²) < 4.78 is 9.76. The van der Waals surface area contributed by atoms with Gasteiger partial charge in [0.05, 0.1) is 13.2 Å². The molecule has 2 N–H and O–H groups in total. The summed E-state index contributed by atoms with van der Waals surface area (Å²) in [6, 6.07) is 2.70. The smallest absolute Gasteiger partial charge is 0.339 e.